The highest BCUT2D eigenvalue weighted by atomic mass is 19.1. The van der Waals surface area contributed by atoms with Gasteiger partial charge < -0.3 is 65.2 Å². The fourth-order valence-corrected chi connectivity index (χ4v) is 17.5. The first-order chi connectivity index (χ1) is 51.1. The number of hydrogen-bond acceptors (Lipinski definition) is 17. The van der Waals surface area contributed by atoms with Gasteiger partial charge in [0.15, 0.2) is 11.5 Å². The SMILES string of the molecule is COC(=O)CNC(=O)CN(C)C(=O)Cn1nc(C2CC3(C2)CN(C(=O)CCC(=O)N2CCC(C(=O)N4CCC(C(=O)N5CCC(C(=O)N6CCC(c7ccc(Nc8nc(N9CCC[C@@H](N%10CCN(C)C%10=O)C9)cnc8C(N)=O)cc7)CC6)CC5)CC4)CC2)C3)c2c(-c3cc4c(cnn4C)cc3F)cccc21. The quantitative estimate of drug-likeness (QED) is 0.0842. The minimum Gasteiger partial charge on any atom is -0.468 e. The maximum Gasteiger partial charge on any atom is 0.325 e. The van der Waals surface area contributed by atoms with Crippen molar-refractivity contribution in [2.45, 2.75) is 114 Å². The van der Waals surface area contributed by atoms with Crippen LogP contribution < -0.4 is 21.3 Å². The molecule has 8 aliphatic rings. The van der Waals surface area contributed by atoms with Crippen LogP contribution in [0.25, 0.3) is 32.9 Å². The fourth-order valence-electron chi connectivity index (χ4n) is 17.5. The predicted octanol–water partition coefficient (Wildman–Crippen LogP) is 5.05. The van der Waals surface area contributed by atoms with Crippen molar-refractivity contribution >= 4 is 98.4 Å². The van der Waals surface area contributed by atoms with E-state index < -0.39 is 29.5 Å². The minimum atomic E-state index is -0.693. The Kier molecular flexibility index (Phi) is 21.0. The second-order valence-electron chi connectivity index (χ2n) is 30.5. The molecule has 7 saturated heterocycles. The Morgan fingerprint density at radius 3 is 1.91 bits per heavy atom. The van der Waals surface area contributed by atoms with Gasteiger partial charge in [0.05, 0.1) is 48.8 Å². The second kappa shape index (κ2) is 30.7. The average molecular weight is 1460 g/mol. The van der Waals surface area contributed by atoms with Crippen molar-refractivity contribution in [2.75, 3.05) is 136 Å². The number of piperidine rings is 5. The molecule has 1 atom stereocenters. The molecule has 0 radical (unpaired) electrons. The number of fused-ring (bicyclic) bond motifs is 2. The van der Waals surface area contributed by atoms with Gasteiger partial charge in [-0.1, -0.05) is 24.3 Å². The van der Waals surface area contributed by atoms with Gasteiger partial charge in [-0.05, 0) is 124 Å². The molecule has 3 aromatic carbocycles. The van der Waals surface area contributed by atoms with Crippen LogP contribution in [0.1, 0.15) is 123 Å². The van der Waals surface area contributed by atoms with Crippen molar-refractivity contribution in [1.29, 1.82) is 0 Å². The molecule has 10 heterocycles. The zero-order valence-electron chi connectivity index (χ0n) is 60.9. The number of rotatable bonds is 20. The highest BCUT2D eigenvalue weighted by molar-refractivity contribution is 6.01. The molecule has 29 nitrogen and oxygen atoms in total. The highest BCUT2D eigenvalue weighted by Crippen LogP contribution is 2.57. The Hall–Kier alpha value is -10.3. The molecule has 1 aliphatic carbocycles. The number of likely N-dealkylation sites (tertiary alicyclic amines) is 5. The number of likely N-dealkylation sites (N-methyl/N-ethyl adjacent to an activating group) is 2. The molecule has 1 saturated carbocycles. The summed E-state index contributed by atoms with van der Waals surface area (Å²) in [5, 5.41) is 16.4. The Labute approximate surface area is 614 Å². The van der Waals surface area contributed by atoms with Gasteiger partial charge in [0.2, 0.25) is 41.4 Å². The van der Waals surface area contributed by atoms with Gasteiger partial charge >= 0.3 is 12.0 Å². The lowest BCUT2D eigenvalue weighted by Gasteiger charge is -2.59. The van der Waals surface area contributed by atoms with E-state index in [1.165, 1.54) is 25.1 Å². The van der Waals surface area contributed by atoms with Crippen molar-refractivity contribution < 1.29 is 57.1 Å². The third-order valence-corrected chi connectivity index (χ3v) is 23.7. The van der Waals surface area contributed by atoms with E-state index in [4.69, 9.17) is 15.8 Å². The number of esters is 1. The monoisotopic (exact) mass is 1450 g/mol. The first-order valence-electron chi connectivity index (χ1n) is 37.5. The van der Waals surface area contributed by atoms with Gasteiger partial charge in [0, 0.05) is 177 Å². The number of aryl methyl sites for hydroxylation is 1. The molecule has 14 rings (SSSR count). The van der Waals surface area contributed by atoms with Crippen LogP contribution in [0, 0.1) is 29.0 Å². The Balaban J connectivity index is 0.489. The van der Waals surface area contributed by atoms with E-state index in [0.29, 0.717) is 175 Å². The summed E-state index contributed by atoms with van der Waals surface area (Å²) in [6.07, 6.45) is 11.6. The third-order valence-electron chi connectivity index (χ3n) is 23.7. The molecule has 3 aromatic heterocycles. The molecule has 0 unspecified atom stereocenters. The van der Waals surface area contributed by atoms with Crippen LogP contribution in [-0.4, -0.2) is 260 Å². The number of anilines is 3. The predicted molar refractivity (Wildman–Crippen MR) is 389 cm³/mol. The molecular formula is C76H95FN18O11. The normalized spacial score (nSPS) is 19.9. The van der Waals surface area contributed by atoms with E-state index >= 15 is 4.39 Å². The number of amides is 10. The van der Waals surface area contributed by atoms with Gasteiger partial charge in [-0.2, -0.15) is 10.2 Å². The van der Waals surface area contributed by atoms with Gasteiger partial charge in [-0.25, -0.2) is 19.2 Å². The van der Waals surface area contributed by atoms with Crippen LogP contribution in [0.15, 0.2) is 67.0 Å². The number of benzene rings is 3. The number of halogens is 1. The number of carbonyl (C=O) groups is 10. The first kappa shape index (κ1) is 72.6. The average Bonchev–Trinajstić information content (AvgIpc) is 1.36. The van der Waals surface area contributed by atoms with Crippen molar-refractivity contribution in [3.8, 4) is 11.1 Å². The minimum absolute atomic E-state index is 0.0371. The number of hydrogen-bond donors (Lipinski definition) is 3. The van der Waals surface area contributed by atoms with E-state index in [1.54, 1.807) is 55.6 Å². The smallest absolute Gasteiger partial charge is 0.325 e. The van der Waals surface area contributed by atoms with Crippen molar-refractivity contribution in [1.82, 2.24) is 74.0 Å². The number of carbonyl (C=O) groups excluding carboxylic acids is 10. The van der Waals surface area contributed by atoms with Crippen LogP contribution in [0.2, 0.25) is 0 Å². The molecule has 4 N–H and O–H groups in total. The molecule has 1 spiro atoms. The van der Waals surface area contributed by atoms with Crippen LogP contribution in [0.3, 0.4) is 0 Å². The zero-order chi connectivity index (χ0) is 74.2. The summed E-state index contributed by atoms with van der Waals surface area (Å²) in [4.78, 5) is 158. The van der Waals surface area contributed by atoms with Crippen LogP contribution in [-0.2, 0) is 56.7 Å². The number of ether oxygens (including phenoxy) is 1. The topological polar surface area (TPSA) is 321 Å². The van der Waals surface area contributed by atoms with Crippen LogP contribution in [0.4, 0.5) is 26.5 Å². The highest BCUT2D eigenvalue weighted by Gasteiger charge is 2.55. The Bertz CT molecular complexity index is 4380. The maximum absolute atomic E-state index is 16.1. The van der Waals surface area contributed by atoms with E-state index in [1.807, 2.05) is 50.9 Å². The lowest BCUT2D eigenvalue weighted by molar-refractivity contribution is -0.153. The van der Waals surface area contributed by atoms with Crippen LogP contribution >= 0.6 is 0 Å². The Morgan fingerprint density at radius 1 is 0.689 bits per heavy atom. The molecule has 6 aromatic rings. The van der Waals surface area contributed by atoms with E-state index in [2.05, 4.69) is 42.5 Å². The van der Waals surface area contributed by atoms with Gasteiger partial charge in [0.25, 0.3) is 5.91 Å². The van der Waals surface area contributed by atoms with E-state index in [9.17, 15) is 47.9 Å². The molecule has 10 amide bonds. The number of nitrogens with two attached hydrogens (primary N) is 1. The third kappa shape index (κ3) is 15.1. The summed E-state index contributed by atoms with van der Waals surface area (Å²) in [6.45, 7) is 7.16. The second-order valence-corrected chi connectivity index (χ2v) is 30.5. The first-order valence-corrected chi connectivity index (χ1v) is 37.5. The molecular weight excluding hydrogens is 1360 g/mol. The van der Waals surface area contributed by atoms with E-state index in [-0.39, 0.29) is 121 Å². The lowest BCUT2D eigenvalue weighted by Crippen LogP contribution is -2.63. The number of primary amides is 1. The molecule has 30 heteroatoms. The number of methoxy groups -OCH3 is 1. The molecule has 7 aliphatic heterocycles. The van der Waals surface area contributed by atoms with Gasteiger partial charge in [-0.15, -0.1) is 0 Å². The summed E-state index contributed by atoms with van der Waals surface area (Å²) in [7, 11) is 6.31. The zero-order valence-corrected chi connectivity index (χ0v) is 60.9. The summed E-state index contributed by atoms with van der Waals surface area (Å²) in [6, 6.07) is 16.9. The number of urea groups is 1. The standard InChI is InChI=1S/C76H95FN18O11/c1-85-33-34-94(75(85)105)55-7-6-24-92(42-55)61-40-80-69(70(78)101)71(83-61)82-54-12-10-47(11-13-54)48-16-27-89(28-17-48)73(103)50-20-31-91(32-21-50)74(104)51-22-29-90(30-23-51)72(102)49-18-25-88(26-19-49)63(97)14-15-64(98)93-45-76(46-93)37-53(38-76)68-67-56(57-36-60-52(35-58(57)77)39-81-87(60)3)8-5-9-59(67)95(84-68)44-65(99)86(2)43-62(96)79-41-66(100)106-4/h5,8-13,35-36,39-40,48-51,53,55H,6-7,14-34,37-38,41-46H2,1-4H3,(H2,78,101)(H,79,96)(H,82,83)/t55-/m1/s1. The molecule has 8 fully saturated rings. The molecule has 562 valence electrons. The van der Waals surface area contributed by atoms with Crippen LogP contribution in [0.5, 0.6) is 0 Å². The summed E-state index contributed by atoms with van der Waals surface area (Å²) >= 11 is 0. The maximum atomic E-state index is 16.1. The largest absolute Gasteiger partial charge is 0.468 e. The van der Waals surface area contributed by atoms with Gasteiger partial charge in [0.1, 0.15) is 24.7 Å². The summed E-state index contributed by atoms with van der Waals surface area (Å²) in [5.41, 5.74) is 10.6. The summed E-state index contributed by atoms with van der Waals surface area (Å²) < 4.78 is 24.0. The molecule has 106 heavy (non-hydrogen) atoms. The summed E-state index contributed by atoms with van der Waals surface area (Å²) in [5.74, 6) is -2.08. The number of aromatic nitrogens is 6. The lowest BCUT2D eigenvalue weighted by atomic mass is 9.56. The van der Waals surface area contributed by atoms with Gasteiger partial charge in [-0.3, -0.25) is 52.5 Å². The number of nitrogens with zero attached hydrogens (tertiary/aromatic N) is 15. The van der Waals surface area contributed by atoms with Crippen molar-refractivity contribution in [3.05, 3.63) is 89.8 Å². The van der Waals surface area contributed by atoms with E-state index in [0.717, 1.165) is 49.0 Å². The number of nitrogens with one attached hydrogen (secondary N) is 2. The fraction of sp³-hybridized carbons (Fsp3) is 0.553. The van der Waals surface area contributed by atoms with Crippen molar-refractivity contribution in [2.24, 2.45) is 36.0 Å². The molecule has 0 bridgehead atoms. The Morgan fingerprint density at radius 2 is 1.30 bits per heavy atom. The van der Waals surface area contributed by atoms with Crippen molar-refractivity contribution in [3.63, 3.8) is 0 Å².